The van der Waals surface area contributed by atoms with E-state index in [4.69, 9.17) is 0 Å². The summed E-state index contributed by atoms with van der Waals surface area (Å²) in [6, 6.07) is 7.39. The number of nitrogens with one attached hydrogen (secondary N) is 1. The highest BCUT2D eigenvalue weighted by Gasteiger charge is 2.38. The molecular weight excluding hydrogens is 384 g/mol. The molecule has 1 aromatic carbocycles. The first-order valence-corrected chi connectivity index (χ1v) is 12.2. The summed E-state index contributed by atoms with van der Waals surface area (Å²) in [7, 11) is -3.02. The minimum absolute atomic E-state index is 0.0277. The highest BCUT2D eigenvalue weighted by Crippen LogP contribution is 2.30. The van der Waals surface area contributed by atoms with Crippen LogP contribution in [0.2, 0.25) is 0 Å². The molecule has 0 bridgehead atoms. The fourth-order valence-corrected chi connectivity index (χ4v) is 6.42. The van der Waals surface area contributed by atoms with E-state index in [0.29, 0.717) is 12.2 Å². The van der Waals surface area contributed by atoms with Gasteiger partial charge in [0.25, 0.3) is 0 Å². The van der Waals surface area contributed by atoms with Gasteiger partial charge in [-0.3, -0.25) is 9.59 Å². The van der Waals surface area contributed by atoms with E-state index in [-0.39, 0.29) is 35.4 Å². The van der Waals surface area contributed by atoms with Gasteiger partial charge in [0.2, 0.25) is 11.8 Å². The number of anilines is 1. The normalized spacial score (nSPS) is 21.9. The molecule has 0 spiro atoms. The van der Waals surface area contributed by atoms with Gasteiger partial charge in [-0.05, 0) is 43.5 Å². The van der Waals surface area contributed by atoms with E-state index in [1.54, 1.807) is 0 Å². The molecule has 27 heavy (non-hydrogen) atoms. The Labute approximate surface area is 165 Å². The van der Waals surface area contributed by atoms with E-state index in [1.807, 2.05) is 29.2 Å². The van der Waals surface area contributed by atoms with Crippen molar-refractivity contribution in [2.24, 2.45) is 0 Å². The highest BCUT2D eigenvalue weighted by molar-refractivity contribution is 8.00. The topological polar surface area (TPSA) is 83.6 Å². The summed E-state index contributed by atoms with van der Waals surface area (Å²) in [6.07, 6.45) is 4.70. The quantitative estimate of drug-likeness (QED) is 0.729. The van der Waals surface area contributed by atoms with E-state index in [2.05, 4.69) is 5.32 Å². The third-order valence-corrected chi connectivity index (χ3v) is 7.89. The molecule has 1 aromatic rings. The van der Waals surface area contributed by atoms with Crippen molar-refractivity contribution >= 4 is 39.1 Å². The molecule has 1 aliphatic carbocycles. The predicted octanol–water partition coefficient (Wildman–Crippen LogP) is 2.70. The highest BCUT2D eigenvalue weighted by atomic mass is 32.2. The first kappa shape index (κ1) is 20.2. The second kappa shape index (κ2) is 8.65. The Bertz CT molecular complexity index is 786. The SMILES string of the molecule is CC(=O)Nc1ccc(SCC(=O)N(C2CCCC2)[C@@H]2CCS(=O)(=O)C2)cc1. The number of nitrogens with zero attached hydrogens (tertiary/aromatic N) is 1. The molecule has 8 heteroatoms. The van der Waals surface area contributed by atoms with Crippen LogP contribution in [0.3, 0.4) is 0 Å². The Morgan fingerprint density at radius 3 is 2.33 bits per heavy atom. The number of rotatable bonds is 6. The van der Waals surface area contributed by atoms with Crippen molar-refractivity contribution in [3.63, 3.8) is 0 Å². The second-order valence-corrected chi connectivity index (χ2v) is 10.6. The van der Waals surface area contributed by atoms with Crippen LogP contribution in [-0.2, 0) is 19.4 Å². The van der Waals surface area contributed by atoms with Crippen LogP contribution in [0.4, 0.5) is 5.69 Å². The molecular formula is C19H26N2O4S2. The van der Waals surface area contributed by atoms with E-state index in [9.17, 15) is 18.0 Å². The number of amides is 2. The monoisotopic (exact) mass is 410 g/mol. The molecule has 6 nitrogen and oxygen atoms in total. The average Bonchev–Trinajstić information content (AvgIpc) is 3.24. The first-order chi connectivity index (χ1) is 12.8. The summed E-state index contributed by atoms with van der Waals surface area (Å²) < 4.78 is 23.8. The molecule has 1 aliphatic heterocycles. The molecule has 1 atom stereocenters. The van der Waals surface area contributed by atoms with Crippen molar-refractivity contribution in [3.8, 4) is 0 Å². The predicted molar refractivity (Wildman–Crippen MR) is 108 cm³/mol. The fraction of sp³-hybridized carbons (Fsp3) is 0.579. The maximum atomic E-state index is 13.0. The van der Waals surface area contributed by atoms with Crippen molar-refractivity contribution in [1.82, 2.24) is 4.90 Å². The van der Waals surface area contributed by atoms with Crippen molar-refractivity contribution in [2.45, 2.75) is 56.0 Å². The third-order valence-electron chi connectivity index (χ3n) is 5.14. The summed E-state index contributed by atoms with van der Waals surface area (Å²) >= 11 is 1.45. The average molecular weight is 411 g/mol. The molecule has 1 saturated heterocycles. The lowest BCUT2D eigenvalue weighted by atomic mass is 10.1. The fourth-order valence-electron chi connectivity index (χ4n) is 3.94. The van der Waals surface area contributed by atoms with Gasteiger partial charge < -0.3 is 10.2 Å². The maximum Gasteiger partial charge on any atom is 0.233 e. The van der Waals surface area contributed by atoms with Crippen molar-refractivity contribution < 1.29 is 18.0 Å². The number of benzene rings is 1. The Kier molecular flexibility index (Phi) is 6.47. The molecule has 1 heterocycles. The minimum atomic E-state index is -3.02. The van der Waals surface area contributed by atoms with Gasteiger partial charge in [-0.15, -0.1) is 11.8 Å². The molecule has 2 amide bonds. The van der Waals surface area contributed by atoms with Crippen LogP contribution in [0.15, 0.2) is 29.2 Å². The van der Waals surface area contributed by atoms with Gasteiger partial charge in [0.05, 0.1) is 17.3 Å². The molecule has 3 rings (SSSR count). The summed E-state index contributed by atoms with van der Waals surface area (Å²) in [5, 5.41) is 2.72. The first-order valence-electron chi connectivity index (χ1n) is 9.36. The van der Waals surface area contributed by atoms with Crippen LogP contribution >= 0.6 is 11.8 Å². The summed E-state index contributed by atoms with van der Waals surface area (Å²) in [5.74, 6) is 0.494. The zero-order chi connectivity index (χ0) is 19.4. The van der Waals surface area contributed by atoms with Gasteiger partial charge >= 0.3 is 0 Å². The number of hydrogen-bond acceptors (Lipinski definition) is 5. The number of carbonyl (C=O) groups excluding carboxylic acids is 2. The number of thioether (sulfide) groups is 1. The van der Waals surface area contributed by atoms with Gasteiger partial charge in [0, 0.05) is 29.6 Å². The lowest BCUT2D eigenvalue weighted by Gasteiger charge is -2.34. The zero-order valence-electron chi connectivity index (χ0n) is 15.5. The molecule has 0 unspecified atom stereocenters. The molecule has 2 aliphatic rings. The largest absolute Gasteiger partial charge is 0.335 e. The zero-order valence-corrected chi connectivity index (χ0v) is 17.2. The van der Waals surface area contributed by atoms with Gasteiger partial charge in [-0.1, -0.05) is 12.8 Å². The van der Waals surface area contributed by atoms with Crippen LogP contribution in [0.1, 0.15) is 39.0 Å². The van der Waals surface area contributed by atoms with Gasteiger partial charge in [-0.25, -0.2) is 8.42 Å². The standard InChI is InChI=1S/C19H26N2O4S2/c1-14(22)20-15-6-8-18(9-7-15)26-12-19(23)21(16-4-2-3-5-16)17-10-11-27(24,25)13-17/h6-9,16-17H,2-5,10-13H2,1H3,(H,20,22)/t17-/m1/s1. The molecule has 0 aromatic heterocycles. The Hall–Kier alpha value is -1.54. The van der Waals surface area contributed by atoms with E-state index in [1.165, 1.54) is 18.7 Å². The Morgan fingerprint density at radius 1 is 1.11 bits per heavy atom. The molecule has 148 valence electrons. The van der Waals surface area contributed by atoms with Crippen LogP contribution in [0, 0.1) is 0 Å². The Morgan fingerprint density at radius 2 is 1.78 bits per heavy atom. The summed E-state index contributed by atoms with van der Waals surface area (Å²) in [4.78, 5) is 26.9. The Balaban J connectivity index is 1.63. The third kappa shape index (κ3) is 5.48. The van der Waals surface area contributed by atoms with Crippen LogP contribution in [-0.4, -0.2) is 54.5 Å². The number of hydrogen-bond donors (Lipinski definition) is 1. The number of carbonyl (C=O) groups is 2. The van der Waals surface area contributed by atoms with Crippen LogP contribution < -0.4 is 5.32 Å². The van der Waals surface area contributed by atoms with E-state index < -0.39 is 9.84 Å². The van der Waals surface area contributed by atoms with Crippen LogP contribution in [0.25, 0.3) is 0 Å². The molecule has 1 N–H and O–H groups in total. The lowest BCUT2D eigenvalue weighted by Crippen LogP contribution is -2.47. The van der Waals surface area contributed by atoms with E-state index in [0.717, 1.165) is 36.3 Å². The van der Waals surface area contributed by atoms with Gasteiger partial charge in [0.15, 0.2) is 9.84 Å². The minimum Gasteiger partial charge on any atom is -0.335 e. The van der Waals surface area contributed by atoms with Crippen molar-refractivity contribution in [2.75, 3.05) is 22.6 Å². The summed E-state index contributed by atoms with van der Waals surface area (Å²) in [5.41, 5.74) is 0.724. The number of sulfone groups is 1. The van der Waals surface area contributed by atoms with Crippen LogP contribution in [0.5, 0.6) is 0 Å². The van der Waals surface area contributed by atoms with Crippen molar-refractivity contribution in [1.29, 1.82) is 0 Å². The molecule has 0 radical (unpaired) electrons. The van der Waals surface area contributed by atoms with E-state index >= 15 is 0 Å². The van der Waals surface area contributed by atoms with Gasteiger partial charge in [-0.2, -0.15) is 0 Å². The van der Waals surface area contributed by atoms with Crippen molar-refractivity contribution in [3.05, 3.63) is 24.3 Å². The molecule has 1 saturated carbocycles. The second-order valence-electron chi connectivity index (χ2n) is 7.29. The smallest absolute Gasteiger partial charge is 0.233 e. The summed E-state index contributed by atoms with van der Waals surface area (Å²) in [6.45, 7) is 1.46. The maximum absolute atomic E-state index is 13.0. The lowest BCUT2D eigenvalue weighted by molar-refractivity contribution is -0.132. The van der Waals surface area contributed by atoms with Gasteiger partial charge in [0.1, 0.15) is 0 Å². The molecule has 2 fully saturated rings.